The molecule has 0 saturated carbocycles. The van der Waals surface area contributed by atoms with E-state index in [0.29, 0.717) is 17.7 Å². The van der Waals surface area contributed by atoms with Gasteiger partial charge in [-0.15, -0.1) is 11.3 Å². The first kappa shape index (κ1) is 22.6. The number of hydrogen-bond donors (Lipinski definition) is 0. The lowest BCUT2D eigenvalue weighted by molar-refractivity contribution is -0.129. The highest BCUT2D eigenvalue weighted by atomic mass is 35.5. The summed E-state index contributed by atoms with van der Waals surface area (Å²) in [4.78, 5) is 28.2. The van der Waals surface area contributed by atoms with Crippen LogP contribution in [0, 0.1) is 0 Å². The fourth-order valence-corrected chi connectivity index (χ4v) is 5.24. The number of amides is 1. The van der Waals surface area contributed by atoms with Crippen molar-refractivity contribution in [3.63, 3.8) is 0 Å². The maximum absolute atomic E-state index is 13.4. The second kappa shape index (κ2) is 9.88. The molecule has 168 valence electrons. The van der Waals surface area contributed by atoms with Crippen LogP contribution in [0.25, 0.3) is 0 Å². The maximum Gasteiger partial charge on any atom is 0.282 e. The van der Waals surface area contributed by atoms with Gasteiger partial charge in [-0.2, -0.15) is 5.10 Å². The number of ether oxygens (including phenoxy) is 1. The van der Waals surface area contributed by atoms with Gasteiger partial charge in [-0.3, -0.25) is 9.59 Å². The Morgan fingerprint density at radius 1 is 1.16 bits per heavy atom. The average Bonchev–Trinajstić information content (AvgIpc) is 3.43. The van der Waals surface area contributed by atoms with Crippen LogP contribution in [0.1, 0.15) is 52.3 Å². The van der Waals surface area contributed by atoms with E-state index < -0.39 is 0 Å². The Kier molecular flexibility index (Phi) is 6.96. The van der Waals surface area contributed by atoms with Gasteiger partial charge in [-0.25, -0.2) is 4.68 Å². The summed E-state index contributed by atoms with van der Waals surface area (Å²) < 4.78 is 7.69. The van der Waals surface area contributed by atoms with E-state index in [1.807, 2.05) is 29.2 Å². The number of thiophene rings is 1. The van der Waals surface area contributed by atoms with Crippen LogP contribution in [0.2, 0.25) is 4.34 Å². The van der Waals surface area contributed by atoms with Crippen molar-refractivity contribution in [2.24, 2.45) is 0 Å². The van der Waals surface area contributed by atoms with E-state index in [1.54, 1.807) is 37.5 Å². The number of benzene rings is 1. The molecule has 3 aromatic rings. The Hall–Kier alpha value is -2.64. The molecule has 1 saturated heterocycles. The number of carbonyl (C=O) groups excluding carboxylic acids is 2. The molecule has 1 amide bonds. The highest BCUT2D eigenvalue weighted by Crippen LogP contribution is 2.30. The predicted octanol–water partition coefficient (Wildman–Crippen LogP) is 4.81. The lowest BCUT2D eigenvalue weighted by Crippen LogP contribution is -2.36. The summed E-state index contributed by atoms with van der Waals surface area (Å²) in [7, 11) is 1.56. The maximum atomic E-state index is 13.4. The van der Waals surface area contributed by atoms with Crippen LogP contribution < -0.4 is 4.74 Å². The summed E-state index contributed by atoms with van der Waals surface area (Å²) >= 11 is 7.64. The number of aromatic nitrogens is 2. The Morgan fingerprint density at radius 3 is 2.56 bits per heavy atom. The highest BCUT2D eigenvalue weighted by Gasteiger charge is 2.27. The zero-order valence-electron chi connectivity index (χ0n) is 18.2. The Balaban J connectivity index is 1.62. The van der Waals surface area contributed by atoms with Crippen LogP contribution in [0.3, 0.4) is 0 Å². The van der Waals surface area contributed by atoms with Crippen LogP contribution in [0.5, 0.6) is 5.75 Å². The van der Waals surface area contributed by atoms with Crippen LogP contribution in [-0.2, 0) is 17.6 Å². The van der Waals surface area contributed by atoms with Gasteiger partial charge < -0.3 is 9.64 Å². The number of nitrogens with zero attached hydrogens (tertiary/aromatic N) is 3. The molecule has 1 aliphatic heterocycles. The first-order valence-corrected chi connectivity index (χ1v) is 11.9. The van der Waals surface area contributed by atoms with Gasteiger partial charge in [0.05, 0.1) is 22.7 Å². The van der Waals surface area contributed by atoms with Gasteiger partial charge in [0.15, 0.2) is 0 Å². The monoisotopic (exact) mass is 471 g/mol. The molecule has 6 nitrogen and oxygen atoms in total. The molecule has 0 spiro atoms. The van der Waals surface area contributed by atoms with Gasteiger partial charge in [0, 0.05) is 36.5 Å². The molecular formula is C24H26ClN3O3S. The molecular weight excluding hydrogens is 446 g/mol. The van der Waals surface area contributed by atoms with E-state index in [1.165, 1.54) is 9.56 Å². The Morgan fingerprint density at radius 2 is 1.91 bits per heavy atom. The van der Waals surface area contributed by atoms with Crippen molar-refractivity contribution >= 4 is 34.8 Å². The minimum atomic E-state index is -0.200. The molecule has 0 N–H and O–H groups in total. The summed E-state index contributed by atoms with van der Waals surface area (Å²) in [5, 5.41) is 4.76. The Labute approximate surface area is 196 Å². The normalized spacial score (nSPS) is 14.5. The third-order valence-electron chi connectivity index (χ3n) is 5.95. The molecule has 0 aliphatic carbocycles. The first-order chi connectivity index (χ1) is 15.5. The fraction of sp³-hybridized carbons (Fsp3) is 0.375. The molecule has 2 aromatic heterocycles. The number of hydrogen-bond acceptors (Lipinski definition) is 5. The van der Waals surface area contributed by atoms with Crippen LogP contribution in [0.4, 0.5) is 0 Å². The lowest BCUT2D eigenvalue weighted by Gasteiger charge is -2.30. The number of carbonyl (C=O) groups is 2. The summed E-state index contributed by atoms with van der Waals surface area (Å²) in [6.07, 6.45) is 3.15. The van der Waals surface area contributed by atoms with Gasteiger partial charge >= 0.3 is 0 Å². The van der Waals surface area contributed by atoms with Gasteiger partial charge in [-0.1, -0.05) is 23.7 Å². The van der Waals surface area contributed by atoms with E-state index in [4.69, 9.17) is 21.4 Å². The summed E-state index contributed by atoms with van der Waals surface area (Å²) in [5.41, 5.74) is 2.27. The fourth-order valence-electron chi connectivity index (χ4n) is 4.16. The molecule has 0 bridgehead atoms. The first-order valence-electron chi connectivity index (χ1n) is 10.7. The summed E-state index contributed by atoms with van der Waals surface area (Å²) in [6, 6.07) is 13.2. The minimum Gasteiger partial charge on any atom is -0.496 e. The van der Waals surface area contributed by atoms with Crippen LogP contribution in [-0.4, -0.2) is 46.7 Å². The van der Waals surface area contributed by atoms with Crippen molar-refractivity contribution in [2.45, 2.75) is 38.5 Å². The van der Waals surface area contributed by atoms with Crippen LogP contribution in [0.15, 0.2) is 42.5 Å². The number of aryl methyl sites for hydroxylation is 2. The SMILES string of the molecule is COc1ccccc1C(=O)n1nc(C2CCN(C(C)=O)CC2)cc1CCc1ccc(Cl)s1. The van der Waals surface area contributed by atoms with Crippen molar-refractivity contribution in [3.8, 4) is 5.75 Å². The number of piperidine rings is 1. The van der Waals surface area contributed by atoms with E-state index in [9.17, 15) is 9.59 Å². The molecule has 4 rings (SSSR count). The molecule has 1 fully saturated rings. The quantitative estimate of drug-likeness (QED) is 0.517. The van der Waals surface area contributed by atoms with E-state index in [2.05, 4.69) is 6.07 Å². The van der Waals surface area contributed by atoms with Crippen molar-refractivity contribution in [2.75, 3.05) is 20.2 Å². The standard InChI is InChI=1S/C24H26ClN3O3S/c1-16(29)27-13-11-17(12-14-27)21-15-18(7-8-19-9-10-23(25)32-19)28(26-21)24(30)20-5-3-4-6-22(20)31-2/h3-6,9-10,15,17H,7-8,11-14H2,1-2H3. The Bertz CT molecular complexity index is 1120. The lowest BCUT2D eigenvalue weighted by atomic mass is 9.93. The molecule has 3 heterocycles. The highest BCUT2D eigenvalue weighted by molar-refractivity contribution is 7.16. The smallest absolute Gasteiger partial charge is 0.282 e. The average molecular weight is 472 g/mol. The van der Waals surface area contributed by atoms with Gasteiger partial charge in [-0.05, 0) is 56.0 Å². The molecule has 1 aliphatic rings. The second-order valence-electron chi connectivity index (χ2n) is 7.96. The minimum absolute atomic E-state index is 0.107. The largest absolute Gasteiger partial charge is 0.496 e. The van der Waals surface area contributed by atoms with Crippen molar-refractivity contribution in [1.82, 2.24) is 14.7 Å². The number of para-hydroxylation sites is 1. The molecule has 0 atom stereocenters. The van der Waals surface area contributed by atoms with Crippen LogP contribution >= 0.6 is 22.9 Å². The van der Waals surface area contributed by atoms with Crippen molar-refractivity contribution in [1.29, 1.82) is 0 Å². The number of halogens is 1. The van der Waals surface area contributed by atoms with Crippen molar-refractivity contribution < 1.29 is 14.3 Å². The van der Waals surface area contributed by atoms with Gasteiger partial charge in [0.2, 0.25) is 5.91 Å². The number of methoxy groups -OCH3 is 1. The van der Waals surface area contributed by atoms with E-state index >= 15 is 0 Å². The predicted molar refractivity (Wildman–Crippen MR) is 126 cm³/mol. The van der Waals surface area contributed by atoms with E-state index in [0.717, 1.165) is 48.1 Å². The molecule has 8 heteroatoms. The number of likely N-dealkylation sites (tertiary alicyclic amines) is 1. The molecule has 32 heavy (non-hydrogen) atoms. The van der Waals surface area contributed by atoms with Gasteiger partial charge in [0.25, 0.3) is 5.91 Å². The topological polar surface area (TPSA) is 64.4 Å². The van der Waals surface area contributed by atoms with Gasteiger partial charge in [0.1, 0.15) is 5.75 Å². The molecule has 0 radical (unpaired) electrons. The van der Waals surface area contributed by atoms with E-state index in [-0.39, 0.29) is 17.7 Å². The van der Waals surface area contributed by atoms with Crippen molar-refractivity contribution in [3.05, 3.63) is 68.6 Å². The molecule has 1 aromatic carbocycles. The number of rotatable bonds is 6. The zero-order valence-corrected chi connectivity index (χ0v) is 19.8. The summed E-state index contributed by atoms with van der Waals surface area (Å²) in [6.45, 7) is 3.04. The zero-order chi connectivity index (χ0) is 22.7. The second-order valence-corrected chi connectivity index (χ2v) is 9.76. The summed E-state index contributed by atoms with van der Waals surface area (Å²) in [5.74, 6) is 0.664. The third-order valence-corrected chi connectivity index (χ3v) is 7.24. The third kappa shape index (κ3) is 4.89. The molecule has 0 unspecified atom stereocenters.